The Morgan fingerprint density at radius 3 is 2.94 bits per heavy atom. The molecule has 0 aromatic carbocycles. The van der Waals surface area contributed by atoms with Crippen LogP contribution in [0.15, 0.2) is 0 Å². The summed E-state index contributed by atoms with van der Waals surface area (Å²) in [7, 11) is 0. The highest BCUT2D eigenvalue weighted by molar-refractivity contribution is 4.83. The van der Waals surface area contributed by atoms with Crippen LogP contribution in [0.3, 0.4) is 0 Å². The highest BCUT2D eigenvalue weighted by Crippen LogP contribution is 2.27. The molecule has 2 aliphatic heterocycles. The van der Waals surface area contributed by atoms with E-state index >= 15 is 0 Å². The minimum Gasteiger partial charge on any atom is -0.350 e. The van der Waals surface area contributed by atoms with Gasteiger partial charge in [0, 0.05) is 18.5 Å². The summed E-state index contributed by atoms with van der Waals surface area (Å²) >= 11 is 0. The van der Waals surface area contributed by atoms with E-state index in [1.807, 2.05) is 0 Å². The highest BCUT2D eigenvalue weighted by Gasteiger charge is 2.33. The first kappa shape index (κ1) is 13.3. The fraction of sp³-hybridized carbons (Fsp3) is 1.00. The maximum atomic E-state index is 5.86. The monoisotopic (exact) mass is 242 g/mol. The van der Waals surface area contributed by atoms with E-state index in [0.717, 1.165) is 19.4 Å². The Hall–Kier alpha value is -0.160. The van der Waals surface area contributed by atoms with E-state index in [1.165, 1.54) is 19.4 Å². The van der Waals surface area contributed by atoms with Crippen LogP contribution < -0.4 is 5.73 Å². The Balaban J connectivity index is 1.77. The summed E-state index contributed by atoms with van der Waals surface area (Å²) in [6.07, 6.45) is 4.73. The predicted molar refractivity (Wildman–Crippen MR) is 67.8 cm³/mol. The van der Waals surface area contributed by atoms with Gasteiger partial charge in [0.25, 0.3) is 0 Å². The predicted octanol–water partition coefficient (Wildman–Crippen LogP) is 1.34. The fourth-order valence-corrected chi connectivity index (χ4v) is 2.98. The SMILES string of the molecule is CC(C)N1CCCC1CC1OCC(CCN)O1. The summed E-state index contributed by atoms with van der Waals surface area (Å²) in [6.45, 7) is 7.16. The summed E-state index contributed by atoms with van der Waals surface area (Å²) in [6, 6.07) is 1.26. The third kappa shape index (κ3) is 3.41. The first-order valence-electron chi connectivity index (χ1n) is 6.93. The number of hydrogen-bond acceptors (Lipinski definition) is 4. The first-order valence-corrected chi connectivity index (χ1v) is 6.93. The van der Waals surface area contributed by atoms with Gasteiger partial charge in [-0.05, 0) is 46.2 Å². The second-order valence-electron chi connectivity index (χ2n) is 5.46. The molecule has 0 aromatic rings. The quantitative estimate of drug-likeness (QED) is 0.790. The molecule has 0 radical (unpaired) electrons. The lowest BCUT2D eigenvalue weighted by molar-refractivity contribution is -0.0752. The van der Waals surface area contributed by atoms with Crippen LogP contribution in [0, 0.1) is 0 Å². The van der Waals surface area contributed by atoms with E-state index in [1.54, 1.807) is 0 Å². The lowest BCUT2D eigenvalue weighted by atomic mass is 10.1. The highest BCUT2D eigenvalue weighted by atomic mass is 16.7. The van der Waals surface area contributed by atoms with Gasteiger partial charge >= 0.3 is 0 Å². The van der Waals surface area contributed by atoms with Crippen molar-refractivity contribution < 1.29 is 9.47 Å². The zero-order valence-corrected chi connectivity index (χ0v) is 11.1. The number of ether oxygens (including phenoxy) is 2. The molecule has 0 bridgehead atoms. The van der Waals surface area contributed by atoms with Gasteiger partial charge in [0.05, 0.1) is 12.7 Å². The van der Waals surface area contributed by atoms with Crippen molar-refractivity contribution in [3.63, 3.8) is 0 Å². The molecule has 0 saturated carbocycles. The number of nitrogens with zero attached hydrogens (tertiary/aromatic N) is 1. The van der Waals surface area contributed by atoms with E-state index in [4.69, 9.17) is 15.2 Å². The second kappa shape index (κ2) is 6.14. The molecular formula is C13H26N2O2. The van der Waals surface area contributed by atoms with Gasteiger partial charge in [0.1, 0.15) is 0 Å². The summed E-state index contributed by atoms with van der Waals surface area (Å²) < 4.78 is 11.6. The molecule has 3 atom stereocenters. The van der Waals surface area contributed by atoms with Gasteiger partial charge in [0.15, 0.2) is 6.29 Å². The standard InChI is InChI=1S/C13H26N2O2/c1-10(2)15-7-3-4-11(15)8-13-16-9-12(17-13)5-6-14/h10-13H,3-9,14H2,1-2H3. The second-order valence-corrected chi connectivity index (χ2v) is 5.46. The van der Waals surface area contributed by atoms with Gasteiger partial charge in [-0.25, -0.2) is 0 Å². The molecule has 2 fully saturated rings. The lowest BCUT2D eigenvalue weighted by Gasteiger charge is -2.29. The van der Waals surface area contributed by atoms with Crippen LogP contribution in [0.5, 0.6) is 0 Å². The molecule has 3 unspecified atom stereocenters. The third-order valence-corrected chi connectivity index (χ3v) is 3.85. The summed E-state index contributed by atoms with van der Waals surface area (Å²) in [5.41, 5.74) is 5.54. The molecule has 0 aromatic heterocycles. The van der Waals surface area contributed by atoms with Crippen LogP contribution in [0.25, 0.3) is 0 Å². The normalized spacial score (nSPS) is 34.9. The molecule has 2 heterocycles. The fourth-order valence-electron chi connectivity index (χ4n) is 2.98. The van der Waals surface area contributed by atoms with Crippen molar-refractivity contribution >= 4 is 0 Å². The van der Waals surface area contributed by atoms with Gasteiger partial charge in [0.2, 0.25) is 0 Å². The Labute approximate surface area is 104 Å². The number of nitrogens with two attached hydrogens (primary N) is 1. The van der Waals surface area contributed by atoms with Crippen molar-refractivity contribution in [1.82, 2.24) is 4.90 Å². The van der Waals surface area contributed by atoms with E-state index in [2.05, 4.69) is 18.7 Å². The van der Waals surface area contributed by atoms with Gasteiger partial charge in [-0.15, -0.1) is 0 Å². The number of likely N-dealkylation sites (tertiary alicyclic amines) is 1. The van der Waals surface area contributed by atoms with E-state index in [9.17, 15) is 0 Å². The summed E-state index contributed by atoms with van der Waals surface area (Å²) in [5, 5.41) is 0. The minimum absolute atomic E-state index is 0.00380. The van der Waals surface area contributed by atoms with Crippen molar-refractivity contribution in [1.29, 1.82) is 0 Å². The van der Waals surface area contributed by atoms with Crippen molar-refractivity contribution in [2.45, 2.75) is 64.0 Å². The molecule has 17 heavy (non-hydrogen) atoms. The smallest absolute Gasteiger partial charge is 0.159 e. The number of hydrogen-bond donors (Lipinski definition) is 1. The Kier molecular flexibility index (Phi) is 4.79. The molecule has 0 spiro atoms. The average molecular weight is 242 g/mol. The van der Waals surface area contributed by atoms with Crippen LogP contribution >= 0.6 is 0 Å². The molecular weight excluding hydrogens is 216 g/mol. The van der Waals surface area contributed by atoms with Crippen molar-refractivity contribution in [2.24, 2.45) is 5.73 Å². The van der Waals surface area contributed by atoms with Crippen LogP contribution in [0.4, 0.5) is 0 Å². The van der Waals surface area contributed by atoms with Crippen LogP contribution in [0.1, 0.15) is 39.5 Å². The van der Waals surface area contributed by atoms with Crippen LogP contribution in [0.2, 0.25) is 0 Å². The third-order valence-electron chi connectivity index (χ3n) is 3.85. The molecule has 2 rings (SSSR count). The van der Waals surface area contributed by atoms with Crippen molar-refractivity contribution in [3.05, 3.63) is 0 Å². The summed E-state index contributed by atoms with van der Waals surface area (Å²) in [5.74, 6) is 0. The van der Waals surface area contributed by atoms with Gasteiger partial charge < -0.3 is 15.2 Å². The van der Waals surface area contributed by atoms with Gasteiger partial charge in [-0.1, -0.05) is 0 Å². The molecule has 0 aliphatic carbocycles. The molecule has 2 N–H and O–H groups in total. The van der Waals surface area contributed by atoms with E-state index < -0.39 is 0 Å². The van der Waals surface area contributed by atoms with Crippen molar-refractivity contribution in [2.75, 3.05) is 19.7 Å². The van der Waals surface area contributed by atoms with Gasteiger partial charge in [-0.3, -0.25) is 4.90 Å². The van der Waals surface area contributed by atoms with Crippen LogP contribution in [-0.4, -0.2) is 49.1 Å². The Morgan fingerprint density at radius 2 is 2.24 bits per heavy atom. The molecule has 4 nitrogen and oxygen atoms in total. The Morgan fingerprint density at radius 1 is 1.41 bits per heavy atom. The molecule has 100 valence electrons. The zero-order chi connectivity index (χ0) is 12.3. The maximum absolute atomic E-state index is 5.86. The molecule has 2 aliphatic rings. The van der Waals surface area contributed by atoms with Gasteiger partial charge in [-0.2, -0.15) is 0 Å². The molecule has 4 heteroatoms. The minimum atomic E-state index is -0.00380. The lowest BCUT2D eigenvalue weighted by Crippen LogP contribution is -2.37. The van der Waals surface area contributed by atoms with Crippen LogP contribution in [-0.2, 0) is 9.47 Å². The Bertz CT molecular complexity index is 235. The topological polar surface area (TPSA) is 47.7 Å². The average Bonchev–Trinajstić information content (AvgIpc) is 2.89. The molecule has 0 amide bonds. The zero-order valence-electron chi connectivity index (χ0n) is 11.1. The molecule has 2 saturated heterocycles. The largest absolute Gasteiger partial charge is 0.350 e. The maximum Gasteiger partial charge on any atom is 0.159 e. The van der Waals surface area contributed by atoms with E-state index in [-0.39, 0.29) is 12.4 Å². The number of rotatable bonds is 5. The van der Waals surface area contributed by atoms with Crippen molar-refractivity contribution in [3.8, 4) is 0 Å². The first-order chi connectivity index (χ1) is 8.20. The van der Waals surface area contributed by atoms with E-state index in [0.29, 0.717) is 18.6 Å². The summed E-state index contributed by atoms with van der Waals surface area (Å²) in [4.78, 5) is 2.57.